The van der Waals surface area contributed by atoms with E-state index in [0.29, 0.717) is 10.4 Å². The Morgan fingerprint density at radius 3 is 2.80 bits per heavy atom. The van der Waals surface area contributed by atoms with Crippen molar-refractivity contribution in [2.45, 2.75) is 6.04 Å². The van der Waals surface area contributed by atoms with Crippen LogP contribution in [0.15, 0.2) is 21.2 Å². The number of hydrogen-bond donors (Lipinski definition) is 1. The molecular formula is C6H5BrN2O. The van der Waals surface area contributed by atoms with E-state index in [4.69, 9.17) is 15.4 Å². The third-order valence-electron chi connectivity index (χ3n) is 1.04. The summed E-state index contributed by atoms with van der Waals surface area (Å²) in [6, 6.07) is 4.56. The summed E-state index contributed by atoms with van der Waals surface area (Å²) in [6.07, 6.45) is 0. The summed E-state index contributed by atoms with van der Waals surface area (Å²) >= 11 is 3.10. The van der Waals surface area contributed by atoms with Crippen LogP contribution in [0.2, 0.25) is 0 Å². The summed E-state index contributed by atoms with van der Waals surface area (Å²) in [5.74, 6) is 0.481. The first-order valence-electron chi connectivity index (χ1n) is 2.64. The molecule has 2 N–H and O–H groups in total. The number of halogens is 1. The zero-order valence-corrected chi connectivity index (χ0v) is 6.63. The summed E-state index contributed by atoms with van der Waals surface area (Å²) < 4.78 is 5.60. The summed E-state index contributed by atoms with van der Waals surface area (Å²) in [4.78, 5) is 0. The molecule has 0 radical (unpaired) electrons. The molecule has 0 aliphatic heterocycles. The quantitative estimate of drug-likeness (QED) is 0.749. The van der Waals surface area contributed by atoms with Gasteiger partial charge in [-0.3, -0.25) is 0 Å². The predicted octanol–water partition coefficient (Wildman–Crippen LogP) is 1.57. The van der Waals surface area contributed by atoms with E-state index in [-0.39, 0.29) is 0 Å². The number of furan rings is 1. The standard InChI is InChI=1S/C6H5BrN2O/c7-6-2-1-5(10-6)4(9)3-8/h1-2,4H,9H2. The molecule has 0 saturated carbocycles. The maximum Gasteiger partial charge on any atom is 0.169 e. The summed E-state index contributed by atoms with van der Waals surface area (Å²) in [5.41, 5.74) is 5.33. The van der Waals surface area contributed by atoms with Crippen LogP contribution in [0.25, 0.3) is 0 Å². The number of nitrogens with zero attached hydrogens (tertiary/aromatic N) is 1. The number of nitriles is 1. The molecule has 0 spiro atoms. The molecule has 0 fully saturated rings. The van der Waals surface area contributed by atoms with Gasteiger partial charge in [-0.25, -0.2) is 0 Å². The molecule has 4 heteroatoms. The highest BCUT2D eigenvalue weighted by molar-refractivity contribution is 9.10. The van der Waals surface area contributed by atoms with Gasteiger partial charge in [0, 0.05) is 0 Å². The van der Waals surface area contributed by atoms with E-state index in [1.54, 1.807) is 12.1 Å². The largest absolute Gasteiger partial charge is 0.452 e. The Bertz CT molecular complexity index is 263. The van der Waals surface area contributed by atoms with Crippen molar-refractivity contribution in [3.05, 3.63) is 22.6 Å². The van der Waals surface area contributed by atoms with Crippen molar-refractivity contribution in [3.8, 4) is 6.07 Å². The summed E-state index contributed by atoms with van der Waals surface area (Å²) in [7, 11) is 0. The van der Waals surface area contributed by atoms with Crippen LogP contribution in [0.5, 0.6) is 0 Å². The van der Waals surface area contributed by atoms with Gasteiger partial charge in [-0.1, -0.05) is 0 Å². The second kappa shape index (κ2) is 2.86. The average molecular weight is 201 g/mol. The Morgan fingerprint density at radius 1 is 1.70 bits per heavy atom. The summed E-state index contributed by atoms with van der Waals surface area (Å²) in [5, 5.41) is 8.35. The van der Waals surface area contributed by atoms with Crippen LogP contribution < -0.4 is 5.73 Å². The molecule has 1 heterocycles. The van der Waals surface area contributed by atoms with Gasteiger partial charge in [-0.05, 0) is 28.1 Å². The topological polar surface area (TPSA) is 63.0 Å². The van der Waals surface area contributed by atoms with Crippen molar-refractivity contribution in [1.82, 2.24) is 0 Å². The fourth-order valence-electron chi connectivity index (χ4n) is 0.559. The van der Waals surface area contributed by atoms with E-state index >= 15 is 0 Å². The minimum absolute atomic E-state index is 0.481. The van der Waals surface area contributed by atoms with Crippen molar-refractivity contribution in [1.29, 1.82) is 5.26 Å². The van der Waals surface area contributed by atoms with E-state index < -0.39 is 6.04 Å². The van der Waals surface area contributed by atoms with Crippen LogP contribution in [0, 0.1) is 11.3 Å². The molecule has 52 valence electrons. The number of nitrogens with two attached hydrogens (primary N) is 1. The molecule has 1 rings (SSSR count). The Labute approximate surface area is 66.6 Å². The van der Waals surface area contributed by atoms with Gasteiger partial charge in [-0.15, -0.1) is 0 Å². The van der Waals surface area contributed by atoms with Gasteiger partial charge in [0.25, 0.3) is 0 Å². The van der Waals surface area contributed by atoms with Gasteiger partial charge < -0.3 is 10.2 Å². The van der Waals surface area contributed by atoms with Crippen LogP contribution in [-0.4, -0.2) is 0 Å². The molecule has 1 unspecified atom stereocenters. The molecule has 0 saturated heterocycles. The minimum Gasteiger partial charge on any atom is -0.452 e. The van der Waals surface area contributed by atoms with Crippen molar-refractivity contribution >= 4 is 15.9 Å². The maximum atomic E-state index is 8.35. The third-order valence-corrected chi connectivity index (χ3v) is 1.47. The highest BCUT2D eigenvalue weighted by Crippen LogP contribution is 2.17. The van der Waals surface area contributed by atoms with Crippen molar-refractivity contribution < 1.29 is 4.42 Å². The molecule has 10 heavy (non-hydrogen) atoms. The minimum atomic E-state index is -0.661. The lowest BCUT2D eigenvalue weighted by molar-refractivity contribution is 0.476. The van der Waals surface area contributed by atoms with Gasteiger partial charge in [0.1, 0.15) is 5.76 Å². The first-order chi connectivity index (χ1) is 4.74. The van der Waals surface area contributed by atoms with E-state index in [0.717, 1.165) is 0 Å². The lowest BCUT2D eigenvalue weighted by Gasteiger charge is -1.93. The normalized spacial score (nSPS) is 12.5. The van der Waals surface area contributed by atoms with E-state index in [9.17, 15) is 0 Å². The molecule has 1 aromatic heterocycles. The third kappa shape index (κ3) is 1.38. The second-order valence-electron chi connectivity index (χ2n) is 1.75. The van der Waals surface area contributed by atoms with Crippen LogP contribution >= 0.6 is 15.9 Å². The van der Waals surface area contributed by atoms with Gasteiger partial charge >= 0.3 is 0 Å². The van der Waals surface area contributed by atoms with E-state index in [2.05, 4.69) is 15.9 Å². The molecule has 3 nitrogen and oxygen atoms in total. The Balaban J connectivity index is 2.87. The van der Waals surface area contributed by atoms with Crippen molar-refractivity contribution in [2.24, 2.45) is 5.73 Å². The van der Waals surface area contributed by atoms with E-state index in [1.165, 1.54) is 0 Å². The van der Waals surface area contributed by atoms with Gasteiger partial charge in [-0.2, -0.15) is 5.26 Å². The smallest absolute Gasteiger partial charge is 0.169 e. The monoisotopic (exact) mass is 200 g/mol. The molecule has 1 aromatic rings. The van der Waals surface area contributed by atoms with E-state index in [1.807, 2.05) is 6.07 Å². The van der Waals surface area contributed by atoms with Crippen molar-refractivity contribution in [2.75, 3.05) is 0 Å². The highest BCUT2D eigenvalue weighted by atomic mass is 79.9. The van der Waals surface area contributed by atoms with Crippen LogP contribution in [0.1, 0.15) is 11.8 Å². The van der Waals surface area contributed by atoms with Gasteiger partial charge in [0.05, 0.1) is 6.07 Å². The fourth-order valence-corrected chi connectivity index (χ4v) is 0.878. The Kier molecular flexibility index (Phi) is 2.10. The van der Waals surface area contributed by atoms with Gasteiger partial charge in [0.2, 0.25) is 0 Å². The lowest BCUT2D eigenvalue weighted by Crippen LogP contribution is -2.05. The zero-order valence-electron chi connectivity index (χ0n) is 5.04. The lowest BCUT2D eigenvalue weighted by atomic mass is 10.3. The molecule has 0 aliphatic carbocycles. The second-order valence-corrected chi connectivity index (χ2v) is 2.53. The van der Waals surface area contributed by atoms with Crippen LogP contribution in [0.4, 0.5) is 0 Å². The predicted molar refractivity (Wildman–Crippen MR) is 38.9 cm³/mol. The van der Waals surface area contributed by atoms with Crippen LogP contribution in [0.3, 0.4) is 0 Å². The summed E-state index contributed by atoms with van der Waals surface area (Å²) in [6.45, 7) is 0. The Hall–Kier alpha value is -0.790. The molecule has 0 amide bonds. The van der Waals surface area contributed by atoms with Gasteiger partial charge in [0.15, 0.2) is 10.7 Å². The SMILES string of the molecule is N#CC(N)c1ccc(Br)o1. The van der Waals surface area contributed by atoms with Crippen LogP contribution in [-0.2, 0) is 0 Å². The Morgan fingerprint density at radius 2 is 2.40 bits per heavy atom. The molecule has 0 aliphatic rings. The zero-order chi connectivity index (χ0) is 7.56. The number of hydrogen-bond acceptors (Lipinski definition) is 3. The average Bonchev–Trinajstić information content (AvgIpc) is 2.34. The molecule has 0 aromatic carbocycles. The molecule has 0 bridgehead atoms. The first kappa shape index (κ1) is 7.32. The first-order valence-corrected chi connectivity index (χ1v) is 3.44. The molecule has 1 atom stereocenters. The highest BCUT2D eigenvalue weighted by Gasteiger charge is 2.07. The fraction of sp³-hybridized carbons (Fsp3) is 0.167. The maximum absolute atomic E-state index is 8.35. The van der Waals surface area contributed by atoms with Crippen molar-refractivity contribution in [3.63, 3.8) is 0 Å². The molecular weight excluding hydrogens is 196 g/mol. The number of rotatable bonds is 1.